The van der Waals surface area contributed by atoms with Gasteiger partial charge in [0, 0.05) is 6.42 Å². The predicted octanol–water partition coefficient (Wildman–Crippen LogP) is 2.72. The van der Waals surface area contributed by atoms with Crippen LogP contribution in [0.1, 0.15) is 36.2 Å². The van der Waals surface area contributed by atoms with E-state index in [1.165, 1.54) is 0 Å². The summed E-state index contributed by atoms with van der Waals surface area (Å²) in [5.41, 5.74) is 1.30. The summed E-state index contributed by atoms with van der Waals surface area (Å²) in [5.74, 6) is 0.272. The molecule has 0 bridgehead atoms. The Kier molecular flexibility index (Phi) is 5.72. The van der Waals surface area contributed by atoms with E-state index in [-0.39, 0.29) is 5.97 Å². The molecule has 0 atom stereocenters. The highest BCUT2D eigenvalue weighted by molar-refractivity contribution is 5.91. The first kappa shape index (κ1) is 14.0. The van der Waals surface area contributed by atoms with Crippen LogP contribution in [0.15, 0.2) is 18.2 Å². The number of carbonyl (C=O) groups excluding carboxylic acids is 1. The first-order chi connectivity index (χ1) is 8.72. The number of carbonyl (C=O) groups is 1. The maximum Gasteiger partial charge on any atom is 0.338 e. The Bertz CT molecular complexity index is 449. The molecule has 4 heteroatoms. The van der Waals surface area contributed by atoms with Crippen LogP contribution in [0.2, 0.25) is 0 Å². The van der Waals surface area contributed by atoms with E-state index in [4.69, 9.17) is 14.7 Å². The van der Waals surface area contributed by atoms with E-state index in [0.29, 0.717) is 37.4 Å². The SMILES string of the molecule is CCOC(=O)c1cc(OCC)ccc1CCC#N. The van der Waals surface area contributed by atoms with Gasteiger partial charge in [-0.1, -0.05) is 6.07 Å². The summed E-state index contributed by atoms with van der Waals surface area (Å²) in [4.78, 5) is 11.8. The zero-order valence-electron chi connectivity index (χ0n) is 10.7. The van der Waals surface area contributed by atoms with Crippen LogP contribution in [-0.4, -0.2) is 19.2 Å². The number of benzene rings is 1. The van der Waals surface area contributed by atoms with E-state index in [9.17, 15) is 4.79 Å². The highest BCUT2D eigenvalue weighted by Crippen LogP contribution is 2.20. The smallest absolute Gasteiger partial charge is 0.338 e. The van der Waals surface area contributed by atoms with Crippen molar-refractivity contribution in [2.45, 2.75) is 26.7 Å². The standard InChI is InChI=1S/C14H17NO3/c1-3-17-12-8-7-11(6-5-9-15)13(10-12)14(16)18-4-2/h7-8,10H,3-6H2,1-2H3. The van der Waals surface area contributed by atoms with Crippen LogP contribution in [0.25, 0.3) is 0 Å². The summed E-state index contributed by atoms with van der Waals surface area (Å²) in [7, 11) is 0. The summed E-state index contributed by atoms with van der Waals surface area (Å²) < 4.78 is 10.4. The van der Waals surface area contributed by atoms with Gasteiger partial charge in [0.2, 0.25) is 0 Å². The lowest BCUT2D eigenvalue weighted by Gasteiger charge is -2.10. The first-order valence-electron chi connectivity index (χ1n) is 6.02. The maximum absolute atomic E-state index is 11.8. The zero-order valence-corrected chi connectivity index (χ0v) is 10.7. The number of nitriles is 1. The second-order valence-electron chi connectivity index (χ2n) is 3.63. The van der Waals surface area contributed by atoms with Gasteiger partial charge >= 0.3 is 5.97 Å². The molecule has 96 valence electrons. The number of hydrogen-bond acceptors (Lipinski definition) is 4. The largest absolute Gasteiger partial charge is 0.494 e. The van der Waals surface area contributed by atoms with Crippen LogP contribution in [-0.2, 0) is 11.2 Å². The van der Waals surface area contributed by atoms with Gasteiger partial charge in [-0.25, -0.2) is 4.79 Å². The Morgan fingerprint density at radius 2 is 2.11 bits per heavy atom. The lowest BCUT2D eigenvalue weighted by atomic mass is 10.0. The molecule has 0 amide bonds. The van der Waals surface area contributed by atoms with Gasteiger partial charge < -0.3 is 9.47 Å². The highest BCUT2D eigenvalue weighted by atomic mass is 16.5. The monoisotopic (exact) mass is 247 g/mol. The Morgan fingerprint density at radius 3 is 2.72 bits per heavy atom. The van der Waals surface area contributed by atoms with Crippen LogP contribution in [0.4, 0.5) is 0 Å². The first-order valence-corrected chi connectivity index (χ1v) is 6.02. The second-order valence-corrected chi connectivity index (χ2v) is 3.63. The normalized spacial score (nSPS) is 9.61. The number of hydrogen-bond donors (Lipinski definition) is 0. The summed E-state index contributed by atoms with van der Waals surface area (Å²) in [6.45, 7) is 4.52. The Balaban J connectivity index is 3.01. The van der Waals surface area contributed by atoms with Crippen molar-refractivity contribution in [1.29, 1.82) is 5.26 Å². The fourth-order valence-corrected chi connectivity index (χ4v) is 1.62. The van der Waals surface area contributed by atoms with Gasteiger partial charge in [0.05, 0.1) is 24.8 Å². The number of nitrogens with zero attached hydrogens (tertiary/aromatic N) is 1. The molecule has 0 aliphatic heterocycles. The van der Waals surface area contributed by atoms with Crippen molar-refractivity contribution in [2.75, 3.05) is 13.2 Å². The molecule has 18 heavy (non-hydrogen) atoms. The molecule has 0 heterocycles. The number of esters is 1. The van der Waals surface area contributed by atoms with Crippen molar-refractivity contribution < 1.29 is 14.3 Å². The molecule has 0 aromatic heterocycles. The quantitative estimate of drug-likeness (QED) is 0.725. The minimum Gasteiger partial charge on any atom is -0.494 e. The molecule has 1 aromatic rings. The van der Waals surface area contributed by atoms with E-state index in [1.807, 2.05) is 13.0 Å². The van der Waals surface area contributed by atoms with Gasteiger partial charge in [-0.05, 0) is 38.0 Å². The molecule has 0 radical (unpaired) electrons. The minimum absolute atomic E-state index is 0.329. The molecule has 0 saturated carbocycles. The summed E-state index contributed by atoms with van der Waals surface area (Å²) >= 11 is 0. The second kappa shape index (κ2) is 7.33. The summed E-state index contributed by atoms with van der Waals surface area (Å²) in [5, 5.41) is 8.61. The van der Waals surface area contributed by atoms with E-state index >= 15 is 0 Å². The number of ether oxygens (including phenoxy) is 2. The van der Waals surface area contributed by atoms with E-state index in [2.05, 4.69) is 6.07 Å². The Labute approximate surface area is 107 Å². The van der Waals surface area contributed by atoms with Gasteiger partial charge in [0.25, 0.3) is 0 Å². The van der Waals surface area contributed by atoms with Crippen molar-refractivity contribution in [3.63, 3.8) is 0 Å². The molecule has 0 spiro atoms. The third kappa shape index (κ3) is 3.77. The maximum atomic E-state index is 11.8. The van der Waals surface area contributed by atoms with Crippen LogP contribution in [0, 0.1) is 11.3 Å². The summed E-state index contributed by atoms with van der Waals surface area (Å²) in [6, 6.07) is 7.36. The average Bonchev–Trinajstić information content (AvgIpc) is 2.38. The van der Waals surface area contributed by atoms with Crippen LogP contribution in [0.5, 0.6) is 5.75 Å². The molecule has 0 N–H and O–H groups in total. The van der Waals surface area contributed by atoms with E-state index < -0.39 is 0 Å². The van der Waals surface area contributed by atoms with Crippen LogP contribution >= 0.6 is 0 Å². The fourth-order valence-electron chi connectivity index (χ4n) is 1.62. The molecule has 0 saturated heterocycles. The summed E-state index contributed by atoms with van der Waals surface area (Å²) in [6.07, 6.45) is 0.914. The zero-order chi connectivity index (χ0) is 13.4. The average molecular weight is 247 g/mol. The molecule has 0 fully saturated rings. The molecule has 0 aliphatic carbocycles. The third-order valence-corrected chi connectivity index (χ3v) is 2.39. The highest BCUT2D eigenvalue weighted by Gasteiger charge is 2.13. The topological polar surface area (TPSA) is 59.3 Å². The van der Waals surface area contributed by atoms with E-state index in [0.717, 1.165) is 5.56 Å². The van der Waals surface area contributed by atoms with Crippen molar-refractivity contribution in [1.82, 2.24) is 0 Å². The number of aryl methyl sites for hydroxylation is 1. The van der Waals surface area contributed by atoms with Gasteiger partial charge in [-0.15, -0.1) is 0 Å². The molecule has 1 aromatic carbocycles. The van der Waals surface area contributed by atoms with Gasteiger partial charge in [0.15, 0.2) is 0 Å². The van der Waals surface area contributed by atoms with Crippen molar-refractivity contribution in [2.24, 2.45) is 0 Å². The van der Waals surface area contributed by atoms with Crippen LogP contribution < -0.4 is 4.74 Å². The van der Waals surface area contributed by atoms with Gasteiger partial charge in [-0.3, -0.25) is 0 Å². The van der Waals surface area contributed by atoms with Gasteiger partial charge in [0.1, 0.15) is 5.75 Å². The molecular formula is C14H17NO3. The lowest BCUT2D eigenvalue weighted by Crippen LogP contribution is -2.09. The van der Waals surface area contributed by atoms with Crippen molar-refractivity contribution in [3.05, 3.63) is 29.3 Å². The van der Waals surface area contributed by atoms with Crippen LogP contribution in [0.3, 0.4) is 0 Å². The third-order valence-electron chi connectivity index (χ3n) is 2.39. The van der Waals surface area contributed by atoms with Crippen molar-refractivity contribution >= 4 is 5.97 Å². The molecule has 4 nitrogen and oxygen atoms in total. The molecular weight excluding hydrogens is 230 g/mol. The Morgan fingerprint density at radius 1 is 1.33 bits per heavy atom. The molecule has 1 rings (SSSR count). The van der Waals surface area contributed by atoms with E-state index in [1.54, 1.807) is 19.1 Å². The predicted molar refractivity (Wildman–Crippen MR) is 67.5 cm³/mol. The minimum atomic E-state index is -0.369. The lowest BCUT2D eigenvalue weighted by molar-refractivity contribution is 0.0524. The van der Waals surface area contributed by atoms with Crippen molar-refractivity contribution in [3.8, 4) is 11.8 Å². The molecule has 0 aliphatic rings. The number of rotatable bonds is 6. The molecule has 0 unspecified atom stereocenters. The van der Waals surface area contributed by atoms with Gasteiger partial charge in [-0.2, -0.15) is 5.26 Å². The Hall–Kier alpha value is -2.02. The fraction of sp³-hybridized carbons (Fsp3) is 0.429.